The molecule has 2 aromatic heterocycles. The van der Waals surface area contributed by atoms with Crippen molar-refractivity contribution in [1.29, 1.82) is 0 Å². The molecule has 12 heteroatoms. The molecule has 0 aliphatic rings. The SMILES string of the molecule is CC(NC(=O)c1cc(Cl)cc(S(C)(=O)=O)c1)c1nc(N)nn1-c1ccc(Cl)cn1. The number of nitrogen functional groups attached to an aromatic ring is 1. The molecule has 2 heterocycles. The standard InChI is InChI=1S/C17H16Cl2N6O3S/c1-9(15-23-17(20)24-25(15)14-4-3-11(18)8-21-14)22-16(26)10-5-12(19)7-13(6-10)29(2,27)28/h3-9H,1-2H3,(H2,20,24)(H,22,26). The minimum atomic E-state index is -3.53. The van der Waals surface area contributed by atoms with Crippen molar-refractivity contribution in [2.24, 2.45) is 0 Å². The molecule has 0 bridgehead atoms. The summed E-state index contributed by atoms with van der Waals surface area (Å²) in [7, 11) is -3.53. The number of nitrogens with two attached hydrogens (primary N) is 1. The van der Waals surface area contributed by atoms with Gasteiger partial charge in [-0.15, -0.1) is 5.10 Å². The number of nitrogens with zero attached hydrogens (tertiary/aromatic N) is 4. The highest BCUT2D eigenvalue weighted by Crippen LogP contribution is 2.21. The summed E-state index contributed by atoms with van der Waals surface area (Å²) < 4.78 is 25.0. The van der Waals surface area contributed by atoms with Crippen molar-refractivity contribution in [2.75, 3.05) is 12.0 Å². The van der Waals surface area contributed by atoms with E-state index in [1.165, 1.54) is 29.1 Å². The van der Waals surface area contributed by atoms with Gasteiger partial charge in [0.25, 0.3) is 5.91 Å². The molecule has 3 aromatic rings. The van der Waals surface area contributed by atoms with Gasteiger partial charge in [-0.1, -0.05) is 23.2 Å². The lowest BCUT2D eigenvalue weighted by atomic mass is 10.2. The summed E-state index contributed by atoms with van der Waals surface area (Å²) in [6, 6.07) is 6.53. The normalized spacial score (nSPS) is 12.6. The Hall–Kier alpha value is -2.69. The Morgan fingerprint density at radius 2 is 1.93 bits per heavy atom. The molecule has 0 saturated carbocycles. The Labute approximate surface area is 176 Å². The molecule has 0 fully saturated rings. The van der Waals surface area contributed by atoms with Gasteiger partial charge in [0.2, 0.25) is 5.95 Å². The van der Waals surface area contributed by atoms with Crippen LogP contribution in [0.25, 0.3) is 5.82 Å². The van der Waals surface area contributed by atoms with Crippen LogP contribution in [0, 0.1) is 0 Å². The summed E-state index contributed by atoms with van der Waals surface area (Å²) in [6.07, 6.45) is 2.48. The second-order valence-corrected chi connectivity index (χ2v) is 9.11. The fraction of sp³-hybridized carbons (Fsp3) is 0.176. The van der Waals surface area contributed by atoms with E-state index in [1.807, 2.05) is 0 Å². The summed E-state index contributed by atoms with van der Waals surface area (Å²) in [6.45, 7) is 1.68. The monoisotopic (exact) mass is 454 g/mol. The van der Waals surface area contributed by atoms with Crippen molar-refractivity contribution < 1.29 is 13.2 Å². The van der Waals surface area contributed by atoms with Crippen LogP contribution in [0.4, 0.5) is 5.95 Å². The van der Waals surface area contributed by atoms with Crippen LogP contribution in [0.15, 0.2) is 41.4 Å². The van der Waals surface area contributed by atoms with E-state index in [4.69, 9.17) is 28.9 Å². The average Bonchev–Trinajstić information content (AvgIpc) is 3.03. The van der Waals surface area contributed by atoms with Crippen LogP contribution >= 0.6 is 23.2 Å². The first-order chi connectivity index (χ1) is 13.5. The maximum Gasteiger partial charge on any atom is 0.251 e. The van der Waals surface area contributed by atoms with Crippen LogP contribution in [0.2, 0.25) is 10.0 Å². The van der Waals surface area contributed by atoms with Gasteiger partial charge in [-0.2, -0.15) is 9.67 Å². The zero-order chi connectivity index (χ0) is 21.3. The number of halogens is 2. The number of anilines is 1. The molecular formula is C17H16Cl2N6O3S. The molecule has 0 radical (unpaired) electrons. The van der Waals surface area contributed by atoms with Crippen molar-refractivity contribution >= 4 is 44.9 Å². The summed E-state index contributed by atoms with van der Waals surface area (Å²) >= 11 is 11.8. The van der Waals surface area contributed by atoms with E-state index in [1.54, 1.807) is 19.1 Å². The van der Waals surface area contributed by atoms with Gasteiger partial charge in [-0.25, -0.2) is 13.4 Å². The maximum atomic E-state index is 12.7. The highest BCUT2D eigenvalue weighted by molar-refractivity contribution is 7.90. The van der Waals surface area contributed by atoms with Crippen LogP contribution in [-0.2, 0) is 9.84 Å². The van der Waals surface area contributed by atoms with Crippen molar-refractivity contribution in [3.63, 3.8) is 0 Å². The third-order valence-electron chi connectivity index (χ3n) is 3.87. The number of carbonyl (C=O) groups excluding carboxylic acids is 1. The molecular weight excluding hydrogens is 439 g/mol. The minimum Gasteiger partial charge on any atom is -0.366 e. The Kier molecular flexibility index (Phi) is 5.78. The van der Waals surface area contributed by atoms with Crippen LogP contribution in [0.3, 0.4) is 0 Å². The average molecular weight is 455 g/mol. The molecule has 0 aliphatic carbocycles. The van der Waals surface area contributed by atoms with Crippen LogP contribution in [0.5, 0.6) is 0 Å². The van der Waals surface area contributed by atoms with Crippen LogP contribution in [0.1, 0.15) is 29.1 Å². The second kappa shape index (κ2) is 7.97. The molecule has 1 atom stereocenters. The summed E-state index contributed by atoms with van der Waals surface area (Å²) in [4.78, 5) is 20.9. The third kappa shape index (κ3) is 4.84. The molecule has 1 unspecified atom stereocenters. The lowest BCUT2D eigenvalue weighted by Crippen LogP contribution is -2.29. The number of aromatic nitrogens is 4. The summed E-state index contributed by atoms with van der Waals surface area (Å²) in [5.41, 5.74) is 5.81. The first kappa shape index (κ1) is 21.0. The summed E-state index contributed by atoms with van der Waals surface area (Å²) in [5, 5.41) is 7.41. The summed E-state index contributed by atoms with van der Waals surface area (Å²) in [5.74, 6) is 0.204. The van der Waals surface area contributed by atoms with E-state index in [-0.39, 0.29) is 21.4 Å². The third-order valence-corrected chi connectivity index (χ3v) is 5.41. The molecule has 152 valence electrons. The molecule has 29 heavy (non-hydrogen) atoms. The fourth-order valence-electron chi connectivity index (χ4n) is 2.54. The first-order valence-electron chi connectivity index (χ1n) is 8.20. The number of hydrogen-bond acceptors (Lipinski definition) is 7. The van der Waals surface area contributed by atoms with Gasteiger partial charge in [-0.05, 0) is 37.3 Å². The predicted octanol–water partition coefficient (Wildman–Crippen LogP) is 2.45. The number of carbonyl (C=O) groups is 1. The van der Waals surface area contributed by atoms with E-state index in [2.05, 4.69) is 20.4 Å². The van der Waals surface area contributed by atoms with Crippen molar-refractivity contribution in [1.82, 2.24) is 25.1 Å². The second-order valence-electron chi connectivity index (χ2n) is 6.22. The molecule has 0 spiro atoms. The lowest BCUT2D eigenvalue weighted by molar-refractivity contribution is 0.0937. The molecule has 9 nitrogen and oxygen atoms in total. The molecule has 0 aliphatic heterocycles. The largest absolute Gasteiger partial charge is 0.366 e. The molecule has 3 rings (SSSR count). The van der Waals surface area contributed by atoms with E-state index >= 15 is 0 Å². The Morgan fingerprint density at radius 3 is 2.55 bits per heavy atom. The number of benzene rings is 1. The van der Waals surface area contributed by atoms with Gasteiger partial charge in [0.05, 0.1) is 16.0 Å². The maximum absolute atomic E-state index is 12.7. The minimum absolute atomic E-state index is 0.0000304. The topological polar surface area (TPSA) is 133 Å². The van der Waals surface area contributed by atoms with Crippen molar-refractivity contribution in [3.05, 3.63) is 58.0 Å². The number of nitrogens with one attached hydrogen (secondary N) is 1. The molecule has 1 amide bonds. The Morgan fingerprint density at radius 1 is 1.21 bits per heavy atom. The number of sulfone groups is 1. The quantitative estimate of drug-likeness (QED) is 0.604. The molecule has 0 saturated heterocycles. The van der Waals surface area contributed by atoms with Crippen molar-refractivity contribution in [2.45, 2.75) is 17.9 Å². The van der Waals surface area contributed by atoms with E-state index in [0.717, 1.165) is 6.26 Å². The van der Waals surface area contributed by atoms with Gasteiger partial charge in [0.15, 0.2) is 21.5 Å². The van der Waals surface area contributed by atoms with E-state index in [0.29, 0.717) is 16.7 Å². The van der Waals surface area contributed by atoms with Gasteiger partial charge in [0.1, 0.15) is 0 Å². The molecule has 1 aromatic carbocycles. The highest BCUT2D eigenvalue weighted by atomic mass is 35.5. The predicted molar refractivity (Wildman–Crippen MR) is 109 cm³/mol. The van der Waals surface area contributed by atoms with Gasteiger partial charge in [0, 0.05) is 23.0 Å². The van der Waals surface area contributed by atoms with Crippen LogP contribution < -0.4 is 11.1 Å². The zero-order valence-electron chi connectivity index (χ0n) is 15.3. The van der Waals surface area contributed by atoms with E-state index < -0.39 is 21.8 Å². The first-order valence-corrected chi connectivity index (χ1v) is 10.8. The zero-order valence-corrected chi connectivity index (χ0v) is 17.6. The highest BCUT2D eigenvalue weighted by Gasteiger charge is 2.21. The molecule has 3 N–H and O–H groups in total. The number of hydrogen-bond donors (Lipinski definition) is 2. The van der Waals surface area contributed by atoms with Gasteiger partial charge < -0.3 is 11.1 Å². The number of rotatable bonds is 5. The van der Waals surface area contributed by atoms with E-state index in [9.17, 15) is 13.2 Å². The Bertz CT molecular complexity index is 1180. The fourth-order valence-corrected chi connectivity index (χ4v) is 3.63. The van der Waals surface area contributed by atoms with Crippen molar-refractivity contribution in [3.8, 4) is 5.82 Å². The smallest absolute Gasteiger partial charge is 0.251 e. The van der Waals surface area contributed by atoms with Gasteiger partial charge >= 0.3 is 0 Å². The van der Waals surface area contributed by atoms with Crippen LogP contribution in [-0.4, -0.2) is 40.3 Å². The Balaban J connectivity index is 1.90. The number of amides is 1. The van der Waals surface area contributed by atoms with Gasteiger partial charge in [-0.3, -0.25) is 4.79 Å². The lowest BCUT2D eigenvalue weighted by Gasteiger charge is -2.15. The number of pyridine rings is 1.